The van der Waals surface area contributed by atoms with E-state index in [1.807, 2.05) is 42.5 Å². The standard InChI is InChI=1S/C25H24FNO3/c1-2-3-9-24(28)27(21-7-5-4-6-8-21)17-18-10-12-19(13-11-18)22-15-14-20(26)16-23(22)25(29)30/h4-8,10-16H,2-3,9,17H2,1H3,(H,29,30). The zero-order chi connectivity index (χ0) is 21.5. The molecule has 1 N–H and O–H groups in total. The molecule has 0 spiro atoms. The Labute approximate surface area is 175 Å². The predicted octanol–water partition coefficient (Wildman–Crippen LogP) is 5.91. The van der Waals surface area contributed by atoms with Gasteiger partial charge in [0.05, 0.1) is 12.1 Å². The third-order valence-corrected chi connectivity index (χ3v) is 4.93. The van der Waals surface area contributed by atoms with E-state index >= 15 is 0 Å². The number of carbonyl (C=O) groups excluding carboxylic acids is 1. The van der Waals surface area contributed by atoms with Crippen molar-refractivity contribution in [2.24, 2.45) is 0 Å². The molecule has 0 saturated heterocycles. The highest BCUT2D eigenvalue weighted by Crippen LogP contribution is 2.26. The number of hydrogen-bond acceptors (Lipinski definition) is 2. The molecule has 0 atom stereocenters. The van der Waals surface area contributed by atoms with Crippen molar-refractivity contribution in [1.82, 2.24) is 0 Å². The fourth-order valence-electron chi connectivity index (χ4n) is 3.31. The second-order valence-corrected chi connectivity index (χ2v) is 7.11. The number of nitrogens with zero attached hydrogens (tertiary/aromatic N) is 1. The van der Waals surface area contributed by atoms with Gasteiger partial charge in [0.25, 0.3) is 0 Å². The summed E-state index contributed by atoms with van der Waals surface area (Å²) in [6, 6.07) is 20.6. The van der Waals surface area contributed by atoms with Gasteiger partial charge >= 0.3 is 5.97 Å². The number of unbranched alkanes of at least 4 members (excludes halogenated alkanes) is 1. The normalized spacial score (nSPS) is 10.6. The molecule has 3 aromatic carbocycles. The maximum Gasteiger partial charge on any atom is 0.336 e. The Morgan fingerprint density at radius 1 is 0.967 bits per heavy atom. The van der Waals surface area contributed by atoms with Crippen LogP contribution in [0.3, 0.4) is 0 Å². The molecule has 3 rings (SSSR count). The number of benzene rings is 3. The first-order valence-corrected chi connectivity index (χ1v) is 9.97. The summed E-state index contributed by atoms with van der Waals surface area (Å²) in [4.78, 5) is 26.0. The summed E-state index contributed by atoms with van der Waals surface area (Å²) < 4.78 is 13.5. The van der Waals surface area contributed by atoms with Gasteiger partial charge in [-0.3, -0.25) is 4.79 Å². The first kappa shape index (κ1) is 21.2. The van der Waals surface area contributed by atoms with Crippen LogP contribution in [0.15, 0.2) is 72.8 Å². The van der Waals surface area contributed by atoms with E-state index in [2.05, 4.69) is 6.92 Å². The fraction of sp³-hybridized carbons (Fsp3) is 0.200. The van der Waals surface area contributed by atoms with Crippen LogP contribution in [0.4, 0.5) is 10.1 Å². The molecule has 0 unspecified atom stereocenters. The molecular weight excluding hydrogens is 381 g/mol. The Balaban J connectivity index is 1.86. The van der Waals surface area contributed by atoms with E-state index in [9.17, 15) is 19.1 Å². The molecule has 1 amide bonds. The third kappa shape index (κ3) is 5.11. The summed E-state index contributed by atoms with van der Waals surface area (Å²) in [5.74, 6) is -1.69. The van der Waals surface area contributed by atoms with Crippen LogP contribution in [-0.4, -0.2) is 17.0 Å². The largest absolute Gasteiger partial charge is 0.478 e. The Morgan fingerprint density at radius 2 is 1.67 bits per heavy atom. The lowest BCUT2D eigenvalue weighted by Crippen LogP contribution is -2.30. The molecule has 0 aliphatic rings. The summed E-state index contributed by atoms with van der Waals surface area (Å²) in [5.41, 5.74) is 2.82. The molecule has 30 heavy (non-hydrogen) atoms. The minimum absolute atomic E-state index is 0.0684. The maximum absolute atomic E-state index is 13.5. The monoisotopic (exact) mass is 405 g/mol. The third-order valence-electron chi connectivity index (χ3n) is 4.93. The van der Waals surface area contributed by atoms with E-state index in [0.29, 0.717) is 24.1 Å². The van der Waals surface area contributed by atoms with Crippen molar-refractivity contribution in [3.63, 3.8) is 0 Å². The van der Waals surface area contributed by atoms with Crippen molar-refractivity contribution in [1.29, 1.82) is 0 Å². The van der Waals surface area contributed by atoms with E-state index in [1.165, 1.54) is 12.1 Å². The highest BCUT2D eigenvalue weighted by molar-refractivity contribution is 5.96. The quantitative estimate of drug-likeness (QED) is 0.506. The number of amides is 1. The minimum atomic E-state index is -1.18. The minimum Gasteiger partial charge on any atom is -0.478 e. The van der Waals surface area contributed by atoms with Gasteiger partial charge in [0.1, 0.15) is 5.82 Å². The molecule has 0 aromatic heterocycles. The highest BCUT2D eigenvalue weighted by Gasteiger charge is 2.17. The van der Waals surface area contributed by atoms with Crippen molar-refractivity contribution >= 4 is 17.6 Å². The Kier molecular flexibility index (Phi) is 6.96. The maximum atomic E-state index is 13.5. The van der Waals surface area contributed by atoms with E-state index < -0.39 is 11.8 Å². The first-order valence-electron chi connectivity index (χ1n) is 9.97. The molecule has 0 heterocycles. The summed E-state index contributed by atoms with van der Waals surface area (Å²) in [7, 11) is 0. The average molecular weight is 405 g/mol. The van der Waals surface area contributed by atoms with Crippen LogP contribution in [0.5, 0.6) is 0 Å². The molecule has 0 aliphatic carbocycles. The Morgan fingerprint density at radius 3 is 2.30 bits per heavy atom. The van der Waals surface area contributed by atoms with E-state index in [-0.39, 0.29) is 11.5 Å². The molecule has 154 valence electrons. The SMILES string of the molecule is CCCCC(=O)N(Cc1ccc(-c2ccc(F)cc2C(=O)O)cc1)c1ccccc1. The van der Waals surface area contributed by atoms with Crippen molar-refractivity contribution in [2.45, 2.75) is 32.7 Å². The molecule has 0 radical (unpaired) electrons. The van der Waals surface area contributed by atoms with Crippen molar-refractivity contribution in [2.75, 3.05) is 4.90 Å². The lowest BCUT2D eigenvalue weighted by molar-refractivity contribution is -0.118. The van der Waals surface area contributed by atoms with Crippen molar-refractivity contribution in [3.05, 3.63) is 89.7 Å². The van der Waals surface area contributed by atoms with E-state index in [1.54, 1.807) is 17.0 Å². The number of rotatable bonds is 8. The van der Waals surface area contributed by atoms with Crippen LogP contribution >= 0.6 is 0 Å². The molecule has 0 bridgehead atoms. The molecule has 0 saturated carbocycles. The van der Waals surface area contributed by atoms with Crippen molar-refractivity contribution in [3.8, 4) is 11.1 Å². The molecule has 3 aromatic rings. The number of para-hydroxylation sites is 1. The van der Waals surface area contributed by atoms with E-state index in [0.717, 1.165) is 30.2 Å². The second kappa shape index (κ2) is 9.83. The highest BCUT2D eigenvalue weighted by atomic mass is 19.1. The van der Waals surface area contributed by atoms with Gasteiger partial charge in [-0.1, -0.05) is 61.9 Å². The molecule has 5 heteroatoms. The average Bonchev–Trinajstić information content (AvgIpc) is 2.77. The fourth-order valence-corrected chi connectivity index (χ4v) is 3.31. The van der Waals surface area contributed by atoms with Crippen LogP contribution in [0, 0.1) is 5.82 Å². The van der Waals surface area contributed by atoms with Gasteiger partial charge in [-0.25, -0.2) is 9.18 Å². The second-order valence-electron chi connectivity index (χ2n) is 7.11. The summed E-state index contributed by atoms with van der Waals surface area (Å²) in [6.45, 7) is 2.47. The molecule has 0 aliphatic heterocycles. The van der Waals surface area contributed by atoms with Crippen molar-refractivity contribution < 1.29 is 19.1 Å². The number of halogens is 1. The molecule has 4 nitrogen and oxygen atoms in total. The van der Waals surface area contributed by atoms with Crippen LogP contribution in [0.1, 0.15) is 42.1 Å². The van der Waals surface area contributed by atoms with Crippen LogP contribution in [0.25, 0.3) is 11.1 Å². The summed E-state index contributed by atoms with van der Waals surface area (Å²) in [5, 5.41) is 9.37. The Hall–Kier alpha value is -3.47. The Bertz CT molecular complexity index is 1020. The zero-order valence-electron chi connectivity index (χ0n) is 16.8. The number of carbonyl (C=O) groups is 2. The number of carboxylic acid groups (broad SMARTS) is 1. The van der Waals surface area contributed by atoms with Crippen LogP contribution < -0.4 is 4.90 Å². The van der Waals surface area contributed by atoms with Gasteiger partial charge in [-0.05, 0) is 47.4 Å². The summed E-state index contributed by atoms with van der Waals surface area (Å²) in [6.07, 6.45) is 2.28. The van der Waals surface area contributed by atoms with Gasteiger partial charge in [0.2, 0.25) is 5.91 Å². The number of carboxylic acids is 1. The number of anilines is 1. The van der Waals surface area contributed by atoms with Crippen LogP contribution in [-0.2, 0) is 11.3 Å². The van der Waals surface area contributed by atoms with Gasteiger partial charge in [-0.2, -0.15) is 0 Å². The van der Waals surface area contributed by atoms with Gasteiger partial charge in [0, 0.05) is 12.1 Å². The first-order chi connectivity index (χ1) is 14.5. The molecular formula is C25H24FNO3. The lowest BCUT2D eigenvalue weighted by Gasteiger charge is -2.23. The smallest absolute Gasteiger partial charge is 0.336 e. The topological polar surface area (TPSA) is 57.6 Å². The van der Waals surface area contributed by atoms with E-state index in [4.69, 9.17) is 0 Å². The van der Waals surface area contributed by atoms with Gasteiger partial charge in [0.15, 0.2) is 0 Å². The number of hydrogen-bond donors (Lipinski definition) is 1. The summed E-state index contributed by atoms with van der Waals surface area (Å²) >= 11 is 0. The lowest BCUT2D eigenvalue weighted by atomic mass is 9.98. The predicted molar refractivity (Wildman–Crippen MR) is 116 cm³/mol. The zero-order valence-corrected chi connectivity index (χ0v) is 16.8. The van der Waals surface area contributed by atoms with Crippen LogP contribution in [0.2, 0.25) is 0 Å². The van der Waals surface area contributed by atoms with Gasteiger partial charge < -0.3 is 10.0 Å². The molecule has 0 fully saturated rings. The number of aromatic carboxylic acids is 1. The van der Waals surface area contributed by atoms with Gasteiger partial charge in [-0.15, -0.1) is 0 Å².